The summed E-state index contributed by atoms with van der Waals surface area (Å²) in [6, 6.07) is 0. The summed E-state index contributed by atoms with van der Waals surface area (Å²) in [6.07, 6.45) is 1.43. The minimum atomic E-state index is -0.389. The predicted molar refractivity (Wildman–Crippen MR) is 88.5 cm³/mol. The summed E-state index contributed by atoms with van der Waals surface area (Å²) < 4.78 is 10.3. The Balaban J connectivity index is 2.43. The number of esters is 1. The fourth-order valence-corrected chi connectivity index (χ4v) is 3.09. The topological polar surface area (TPSA) is 64.6 Å². The lowest BCUT2D eigenvalue weighted by molar-refractivity contribution is -0.117. The summed E-state index contributed by atoms with van der Waals surface area (Å²) in [5, 5.41) is 5.19. The lowest BCUT2D eigenvalue weighted by Gasteiger charge is -2.14. The Hall–Kier alpha value is -1.40. The molecule has 0 bridgehead atoms. The third kappa shape index (κ3) is 5.77. The maximum absolute atomic E-state index is 11.9. The van der Waals surface area contributed by atoms with E-state index in [-0.39, 0.29) is 18.0 Å². The molecule has 6 heteroatoms. The highest BCUT2D eigenvalue weighted by Crippen LogP contribution is 2.27. The number of anilines is 1. The second-order valence-electron chi connectivity index (χ2n) is 5.70. The fraction of sp³-hybridized carbons (Fsp3) is 0.625. The lowest BCUT2D eigenvalue weighted by Crippen LogP contribution is -2.18. The van der Waals surface area contributed by atoms with Crippen molar-refractivity contribution in [2.75, 3.05) is 19.0 Å². The van der Waals surface area contributed by atoms with E-state index < -0.39 is 0 Å². The number of hydrogen-bond acceptors (Lipinski definition) is 5. The largest absolute Gasteiger partial charge is 0.465 e. The molecule has 0 fully saturated rings. The Morgan fingerprint density at radius 3 is 2.59 bits per heavy atom. The molecule has 1 aromatic rings. The number of hydrogen-bond donors (Lipinski definition) is 1. The van der Waals surface area contributed by atoms with Crippen molar-refractivity contribution in [3.8, 4) is 0 Å². The SMILES string of the molecule is COC(=O)c1csc(NC(=O)CCO[C@@H](C)CC(C)C)c1C. The van der Waals surface area contributed by atoms with Crippen LogP contribution < -0.4 is 5.32 Å². The van der Waals surface area contributed by atoms with Crippen LogP contribution in [-0.4, -0.2) is 31.7 Å². The smallest absolute Gasteiger partial charge is 0.339 e. The van der Waals surface area contributed by atoms with Crippen molar-refractivity contribution in [1.29, 1.82) is 0 Å². The van der Waals surface area contributed by atoms with Crippen LogP contribution in [0.5, 0.6) is 0 Å². The van der Waals surface area contributed by atoms with Crippen molar-refractivity contribution in [2.45, 2.75) is 46.6 Å². The highest BCUT2D eigenvalue weighted by molar-refractivity contribution is 7.14. The van der Waals surface area contributed by atoms with E-state index >= 15 is 0 Å². The molecule has 1 amide bonds. The normalized spacial score (nSPS) is 12.3. The molecule has 1 heterocycles. The molecular formula is C16H25NO4S. The highest BCUT2D eigenvalue weighted by atomic mass is 32.1. The summed E-state index contributed by atoms with van der Waals surface area (Å²) in [7, 11) is 1.34. The zero-order valence-electron chi connectivity index (χ0n) is 13.9. The van der Waals surface area contributed by atoms with Gasteiger partial charge in [-0.25, -0.2) is 4.79 Å². The first-order valence-corrected chi connectivity index (χ1v) is 8.31. The highest BCUT2D eigenvalue weighted by Gasteiger charge is 2.16. The minimum Gasteiger partial charge on any atom is -0.465 e. The number of methoxy groups -OCH3 is 1. The van der Waals surface area contributed by atoms with Gasteiger partial charge >= 0.3 is 5.97 Å². The van der Waals surface area contributed by atoms with Gasteiger partial charge in [-0.05, 0) is 31.7 Å². The monoisotopic (exact) mass is 327 g/mol. The quantitative estimate of drug-likeness (QED) is 0.741. The maximum Gasteiger partial charge on any atom is 0.339 e. The Morgan fingerprint density at radius 1 is 1.32 bits per heavy atom. The molecule has 0 aliphatic heterocycles. The number of ether oxygens (including phenoxy) is 2. The zero-order chi connectivity index (χ0) is 16.7. The van der Waals surface area contributed by atoms with Crippen LogP contribution in [0.3, 0.4) is 0 Å². The van der Waals surface area contributed by atoms with E-state index in [4.69, 9.17) is 9.47 Å². The molecule has 124 valence electrons. The van der Waals surface area contributed by atoms with E-state index in [0.29, 0.717) is 29.5 Å². The molecule has 0 aliphatic carbocycles. The van der Waals surface area contributed by atoms with Crippen LogP contribution in [0.1, 0.15) is 49.5 Å². The van der Waals surface area contributed by atoms with E-state index in [9.17, 15) is 9.59 Å². The second-order valence-corrected chi connectivity index (χ2v) is 6.58. The van der Waals surface area contributed by atoms with Crippen LogP contribution in [0.25, 0.3) is 0 Å². The molecule has 0 saturated carbocycles. The van der Waals surface area contributed by atoms with Gasteiger partial charge in [0.05, 0.1) is 36.8 Å². The number of amides is 1. The number of carbonyl (C=O) groups is 2. The first-order valence-electron chi connectivity index (χ1n) is 7.43. The van der Waals surface area contributed by atoms with Gasteiger partial charge in [-0.2, -0.15) is 0 Å². The fourth-order valence-electron chi connectivity index (χ4n) is 2.13. The molecule has 0 aromatic carbocycles. The Labute approximate surface area is 136 Å². The zero-order valence-corrected chi connectivity index (χ0v) is 14.7. The molecule has 0 saturated heterocycles. The van der Waals surface area contributed by atoms with E-state index in [2.05, 4.69) is 19.2 Å². The van der Waals surface area contributed by atoms with E-state index in [1.54, 1.807) is 12.3 Å². The summed E-state index contributed by atoms with van der Waals surface area (Å²) >= 11 is 1.32. The number of thiophene rings is 1. The Morgan fingerprint density at radius 2 is 2.00 bits per heavy atom. The molecule has 1 atom stereocenters. The molecule has 5 nitrogen and oxygen atoms in total. The van der Waals surface area contributed by atoms with Crippen molar-refractivity contribution in [3.05, 3.63) is 16.5 Å². The van der Waals surface area contributed by atoms with Crippen LogP contribution in [0.15, 0.2) is 5.38 Å². The van der Waals surface area contributed by atoms with Crippen LogP contribution in [0, 0.1) is 12.8 Å². The Bertz CT molecular complexity index is 510. The molecule has 0 aliphatic rings. The number of rotatable bonds is 8. The van der Waals surface area contributed by atoms with Crippen LogP contribution >= 0.6 is 11.3 Å². The van der Waals surface area contributed by atoms with Gasteiger partial charge in [0.2, 0.25) is 5.91 Å². The van der Waals surface area contributed by atoms with Crippen LogP contribution in [0.4, 0.5) is 5.00 Å². The van der Waals surface area contributed by atoms with Crippen molar-refractivity contribution < 1.29 is 19.1 Å². The standard InChI is InChI=1S/C16H25NO4S/c1-10(2)8-11(3)21-7-6-14(18)17-15-12(4)13(9-22-15)16(19)20-5/h9-11H,6-8H2,1-5H3,(H,17,18)/t11-/m0/s1. The average Bonchev–Trinajstić information content (AvgIpc) is 2.78. The van der Waals surface area contributed by atoms with Gasteiger partial charge in [0, 0.05) is 5.38 Å². The molecule has 0 radical (unpaired) electrons. The molecule has 0 unspecified atom stereocenters. The molecular weight excluding hydrogens is 302 g/mol. The first kappa shape index (κ1) is 18.6. The van der Waals surface area contributed by atoms with Gasteiger partial charge in [0.1, 0.15) is 0 Å². The predicted octanol–water partition coefficient (Wildman–Crippen LogP) is 3.62. The summed E-state index contributed by atoms with van der Waals surface area (Å²) in [5.74, 6) is 0.0764. The van der Waals surface area contributed by atoms with E-state index in [1.165, 1.54) is 18.4 Å². The van der Waals surface area contributed by atoms with Gasteiger partial charge in [-0.1, -0.05) is 13.8 Å². The summed E-state index contributed by atoms with van der Waals surface area (Å²) in [4.78, 5) is 23.4. The lowest BCUT2D eigenvalue weighted by atomic mass is 10.1. The third-order valence-corrected chi connectivity index (χ3v) is 4.23. The minimum absolute atomic E-state index is 0.113. The molecule has 0 spiro atoms. The molecule has 1 aromatic heterocycles. The molecule has 1 rings (SSSR count). The van der Waals surface area contributed by atoms with Crippen molar-refractivity contribution in [3.63, 3.8) is 0 Å². The van der Waals surface area contributed by atoms with Crippen LogP contribution in [0.2, 0.25) is 0 Å². The molecule has 22 heavy (non-hydrogen) atoms. The van der Waals surface area contributed by atoms with Gasteiger partial charge < -0.3 is 14.8 Å². The number of carbonyl (C=O) groups excluding carboxylic acids is 2. The van der Waals surface area contributed by atoms with E-state index in [1.807, 2.05) is 6.92 Å². The van der Waals surface area contributed by atoms with Gasteiger partial charge in [-0.15, -0.1) is 11.3 Å². The van der Waals surface area contributed by atoms with Crippen molar-refractivity contribution >= 4 is 28.2 Å². The Kier molecular flexibility index (Phi) is 7.55. The van der Waals surface area contributed by atoms with Gasteiger partial charge in [-0.3, -0.25) is 4.79 Å². The number of nitrogens with one attached hydrogen (secondary N) is 1. The van der Waals surface area contributed by atoms with Gasteiger partial charge in [0.25, 0.3) is 0 Å². The molecule has 1 N–H and O–H groups in total. The van der Waals surface area contributed by atoms with Gasteiger partial charge in [0.15, 0.2) is 0 Å². The van der Waals surface area contributed by atoms with Crippen molar-refractivity contribution in [2.24, 2.45) is 5.92 Å². The second kappa shape index (κ2) is 8.90. The van der Waals surface area contributed by atoms with Crippen LogP contribution in [-0.2, 0) is 14.3 Å². The van der Waals surface area contributed by atoms with E-state index in [0.717, 1.165) is 12.0 Å². The third-order valence-electron chi connectivity index (χ3n) is 3.23. The first-order chi connectivity index (χ1) is 10.3. The summed E-state index contributed by atoms with van der Waals surface area (Å²) in [5.41, 5.74) is 1.23. The maximum atomic E-state index is 11.9. The van der Waals surface area contributed by atoms with Crippen molar-refractivity contribution in [1.82, 2.24) is 0 Å². The summed E-state index contributed by atoms with van der Waals surface area (Å²) in [6.45, 7) is 8.49. The average molecular weight is 327 g/mol.